The van der Waals surface area contributed by atoms with Gasteiger partial charge in [-0.2, -0.15) is 0 Å². The molecule has 0 saturated carbocycles. The third-order valence-corrected chi connectivity index (χ3v) is 6.52. The van der Waals surface area contributed by atoms with E-state index in [9.17, 15) is 0 Å². The van der Waals surface area contributed by atoms with E-state index in [4.69, 9.17) is 22.5 Å². The van der Waals surface area contributed by atoms with Crippen LogP contribution in [0.4, 0.5) is 0 Å². The van der Waals surface area contributed by atoms with E-state index < -0.39 is 6.27 Å². The first-order chi connectivity index (χ1) is 3.89. The van der Waals surface area contributed by atoms with Crippen molar-refractivity contribution in [3.8, 4) is 0 Å². The molecule has 0 radical (unpaired) electrons. The zero-order valence-electron chi connectivity index (χ0n) is 6.10. The second kappa shape index (κ2) is 3.36. The molecule has 0 aromatic rings. The van der Waals surface area contributed by atoms with Crippen LogP contribution in [0.5, 0.6) is 0 Å². The highest BCUT2D eigenvalue weighted by atomic mass is 35.9. The van der Waals surface area contributed by atoms with Crippen LogP contribution >= 0.6 is 28.8 Å². The minimum absolute atomic E-state index is 1.83. The van der Waals surface area contributed by atoms with Gasteiger partial charge in [-0.05, 0) is 0 Å². The molecule has 0 aromatic heterocycles. The Morgan fingerprint density at radius 1 is 0.889 bits per heavy atom. The van der Waals surface area contributed by atoms with Gasteiger partial charge in [0, 0.05) is 28.2 Å². The van der Waals surface area contributed by atoms with Crippen molar-refractivity contribution < 1.29 is 0 Å². The van der Waals surface area contributed by atoms with Gasteiger partial charge in [-0.3, -0.25) is 0 Å². The topological polar surface area (TPSA) is 6.48 Å². The molecular weight excluding hydrogens is 178 g/mol. The van der Waals surface area contributed by atoms with Crippen molar-refractivity contribution in [2.24, 2.45) is 0 Å². The number of rotatable bonds is 2. The molecule has 9 heavy (non-hydrogen) atoms. The van der Waals surface area contributed by atoms with Crippen LogP contribution in [0.25, 0.3) is 0 Å². The van der Waals surface area contributed by atoms with Crippen LogP contribution in [0.3, 0.4) is 0 Å². The van der Waals surface area contributed by atoms with Crippen LogP contribution in [0, 0.1) is 0 Å². The average molecular weight is 190 g/mol. The van der Waals surface area contributed by atoms with Crippen molar-refractivity contribution in [2.75, 3.05) is 28.2 Å². The van der Waals surface area contributed by atoms with E-state index in [0.717, 1.165) is 0 Å². The van der Waals surface area contributed by atoms with Crippen LogP contribution in [-0.4, -0.2) is 37.5 Å². The quantitative estimate of drug-likeness (QED) is 0.616. The van der Waals surface area contributed by atoms with Gasteiger partial charge in [-0.25, -0.2) is 0 Å². The highest BCUT2D eigenvalue weighted by Crippen LogP contribution is 2.71. The number of halogens is 2. The molecule has 5 heteroatoms. The molecule has 0 amide bonds. The van der Waals surface area contributed by atoms with Gasteiger partial charge in [-0.1, -0.05) is 0 Å². The number of nitrogens with zero attached hydrogens (tertiary/aromatic N) is 2. The van der Waals surface area contributed by atoms with Gasteiger partial charge in [-0.15, -0.1) is 9.34 Å². The van der Waals surface area contributed by atoms with Crippen molar-refractivity contribution in [3.05, 3.63) is 0 Å². The van der Waals surface area contributed by atoms with E-state index in [1.165, 1.54) is 0 Å². The molecule has 0 N–H and O–H groups in total. The molecule has 0 rings (SSSR count). The Balaban J connectivity index is 4.01. The Hall–Kier alpha value is 0.930. The van der Waals surface area contributed by atoms with E-state index in [-0.39, 0.29) is 0 Å². The van der Waals surface area contributed by atoms with E-state index in [0.29, 0.717) is 0 Å². The summed E-state index contributed by atoms with van der Waals surface area (Å²) in [4.78, 5) is 0. The fourth-order valence-corrected chi connectivity index (χ4v) is 1.07. The van der Waals surface area contributed by atoms with Crippen molar-refractivity contribution in [1.82, 2.24) is 9.34 Å². The SMILES string of the molecule is CN(C)[P+](Cl)(Cl)N(C)C. The van der Waals surface area contributed by atoms with Crippen LogP contribution in [0.15, 0.2) is 0 Å². The van der Waals surface area contributed by atoms with Crippen molar-refractivity contribution in [2.45, 2.75) is 0 Å². The summed E-state index contributed by atoms with van der Waals surface area (Å²) in [6.07, 6.45) is -1.98. The Morgan fingerprint density at radius 2 is 1.11 bits per heavy atom. The van der Waals surface area contributed by atoms with Gasteiger partial charge in [0.2, 0.25) is 0 Å². The second-order valence-corrected chi connectivity index (χ2v) is 8.01. The van der Waals surface area contributed by atoms with E-state index in [2.05, 4.69) is 0 Å². The number of hydrogen-bond acceptors (Lipinski definition) is 2. The zero-order valence-corrected chi connectivity index (χ0v) is 8.50. The largest absolute Gasteiger partial charge is 0.354 e. The lowest BCUT2D eigenvalue weighted by Crippen LogP contribution is -2.18. The first kappa shape index (κ1) is 9.93. The minimum Gasteiger partial charge on any atom is -0.140 e. The van der Waals surface area contributed by atoms with Crippen LogP contribution in [0.1, 0.15) is 0 Å². The summed E-state index contributed by atoms with van der Waals surface area (Å²) < 4.78 is 3.66. The predicted molar refractivity (Wildman–Crippen MR) is 46.0 cm³/mol. The molecule has 2 nitrogen and oxygen atoms in total. The maximum atomic E-state index is 5.93. The summed E-state index contributed by atoms with van der Waals surface area (Å²) >= 11 is 11.9. The molecular formula is C4H12Cl2N2P+. The first-order valence-electron chi connectivity index (χ1n) is 2.53. The molecule has 0 unspecified atom stereocenters. The van der Waals surface area contributed by atoms with Gasteiger partial charge in [0.05, 0.1) is 0 Å². The summed E-state index contributed by atoms with van der Waals surface area (Å²) in [7, 11) is 7.48. The standard InChI is InChI=1S/C4H12Cl2N2P/c1-7(2)9(5,6)8(3)4/h1-4H3/q+1. The average Bonchev–Trinajstić information content (AvgIpc) is 1.65. The molecule has 0 fully saturated rings. The molecule has 0 heterocycles. The maximum Gasteiger partial charge on any atom is 0.354 e. The van der Waals surface area contributed by atoms with Gasteiger partial charge >= 0.3 is 6.27 Å². The van der Waals surface area contributed by atoms with E-state index in [1.807, 2.05) is 37.5 Å². The van der Waals surface area contributed by atoms with Crippen LogP contribution in [0.2, 0.25) is 0 Å². The lowest BCUT2D eigenvalue weighted by Gasteiger charge is -2.20. The predicted octanol–water partition coefficient (Wildman–Crippen LogP) is 2.26. The third-order valence-electron chi connectivity index (χ3n) is 0.963. The Morgan fingerprint density at radius 3 is 1.11 bits per heavy atom. The Bertz CT molecular complexity index is 84.6. The van der Waals surface area contributed by atoms with Gasteiger partial charge in [0.1, 0.15) is 0 Å². The minimum atomic E-state index is -1.98. The molecule has 0 saturated heterocycles. The smallest absolute Gasteiger partial charge is 0.140 e. The summed E-state index contributed by atoms with van der Waals surface area (Å²) in [6, 6.07) is 0. The van der Waals surface area contributed by atoms with Crippen LogP contribution in [-0.2, 0) is 0 Å². The van der Waals surface area contributed by atoms with Gasteiger partial charge in [0.15, 0.2) is 22.5 Å². The molecule has 0 bridgehead atoms. The van der Waals surface area contributed by atoms with Crippen molar-refractivity contribution in [3.63, 3.8) is 0 Å². The van der Waals surface area contributed by atoms with E-state index >= 15 is 0 Å². The molecule has 56 valence electrons. The van der Waals surface area contributed by atoms with E-state index in [1.54, 1.807) is 0 Å². The van der Waals surface area contributed by atoms with Crippen LogP contribution < -0.4 is 0 Å². The fourth-order valence-electron chi connectivity index (χ4n) is 0.358. The number of hydrogen-bond donors (Lipinski definition) is 0. The first-order valence-corrected chi connectivity index (χ1v) is 6.03. The lowest BCUT2D eigenvalue weighted by molar-refractivity contribution is 0.583. The zero-order chi connectivity index (χ0) is 7.65. The van der Waals surface area contributed by atoms with Gasteiger partial charge < -0.3 is 0 Å². The summed E-state index contributed by atoms with van der Waals surface area (Å²) in [5.74, 6) is 0. The van der Waals surface area contributed by atoms with Gasteiger partial charge in [0.25, 0.3) is 0 Å². The molecule has 0 aliphatic rings. The highest BCUT2D eigenvalue weighted by Gasteiger charge is 2.41. The second-order valence-electron chi connectivity index (χ2n) is 2.15. The highest BCUT2D eigenvalue weighted by molar-refractivity contribution is 8.14. The normalized spacial score (nSPS) is 13.3. The monoisotopic (exact) mass is 189 g/mol. The molecule has 0 aliphatic carbocycles. The maximum absolute atomic E-state index is 5.93. The van der Waals surface area contributed by atoms with Crippen molar-refractivity contribution >= 4 is 28.8 Å². The summed E-state index contributed by atoms with van der Waals surface area (Å²) in [6.45, 7) is 0. The third kappa shape index (κ3) is 2.57. The molecule has 0 atom stereocenters. The summed E-state index contributed by atoms with van der Waals surface area (Å²) in [5, 5.41) is 0. The fraction of sp³-hybridized carbons (Fsp3) is 1.00. The Kier molecular flexibility index (Phi) is 3.71. The molecule has 0 aliphatic heterocycles. The molecule has 0 spiro atoms. The molecule has 0 aromatic carbocycles. The Labute approximate surface area is 66.7 Å². The van der Waals surface area contributed by atoms with Crippen molar-refractivity contribution in [1.29, 1.82) is 0 Å². The lowest BCUT2D eigenvalue weighted by atomic mass is 11.3. The summed E-state index contributed by atoms with van der Waals surface area (Å²) in [5.41, 5.74) is 0.